The third-order valence-corrected chi connectivity index (χ3v) is 5.35. The number of ether oxygens (including phenoxy) is 1. The van der Waals surface area contributed by atoms with Gasteiger partial charge in [0.15, 0.2) is 5.96 Å². The molecule has 0 saturated carbocycles. The molecule has 0 amide bonds. The van der Waals surface area contributed by atoms with Crippen molar-refractivity contribution in [1.82, 2.24) is 15.5 Å². The van der Waals surface area contributed by atoms with E-state index in [1.54, 1.807) is 11.8 Å². The maximum atomic E-state index is 5.48. The highest BCUT2D eigenvalue weighted by atomic mass is 32.2. The van der Waals surface area contributed by atoms with E-state index in [9.17, 15) is 0 Å². The van der Waals surface area contributed by atoms with Crippen LogP contribution in [0.15, 0.2) is 34.2 Å². The minimum Gasteiger partial charge on any atom is -0.379 e. The number of hydrogen-bond acceptors (Lipinski definition) is 4. The van der Waals surface area contributed by atoms with Crippen molar-refractivity contribution < 1.29 is 4.74 Å². The molecule has 1 aliphatic rings. The molecular formula is C19H32N4OS. The summed E-state index contributed by atoms with van der Waals surface area (Å²) in [5, 5.41) is 6.90. The highest BCUT2D eigenvalue weighted by molar-refractivity contribution is 7.98. The van der Waals surface area contributed by atoms with E-state index in [2.05, 4.69) is 64.9 Å². The minimum absolute atomic E-state index is 0.489. The predicted octanol–water partition coefficient (Wildman–Crippen LogP) is 2.43. The van der Waals surface area contributed by atoms with Crippen LogP contribution in [0.1, 0.15) is 19.4 Å². The largest absolute Gasteiger partial charge is 0.379 e. The van der Waals surface area contributed by atoms with Crippen molar-refractivity contribution in [3.63, 3.8) is 0 Å². The van der Waals surface area contributed by atoms with Gasteiger partial charge in [-0.05, 0) is 29.9 Å². The smallest absolute Gasteiger partial charge is 0.191 e. The Morgan fingerprint density at radius 1 is 1.20 bits per heavy atom. The Hall–Kier alpha value is -1.24. The van der Waals surface area contributed by atoms with Gasteiger partial charge in [0.2, 0.25) is 0 Å². The van der Waals surface area contributed by atoms with Crippen molar-refractivity contribution in [2.75, 3.05) is 46.2 Å². The second-order valence-electron chi connectivity index (χ2n) is 6.61. The van der Waals surface area contributed by atoms with E-state index in [0.29, 0.717) is 12.0 Å². The minimum atomic E-state index is 0.489. The van der Waals surface area contributed by atoms with Gasteiger partial charge in [0.1, 0.15) is 0 Å². The second-order valence-corrected chi connectivity index (χ2v) is 7.49. The van der Waals surface area contributed by atoms with Crippen LogP contribution in [0.4, 0.5) is 0 Å². The number of morpholine rings is 1. The molecule has 25 heavy (non-hydrogen) atoms. The Morgan fingerprint density at radius 3 is 2.44 bits per heavy atom. The number of aliphatic imine (C=N–C) groups is 1. The monoisotopic (exact) mass is 364 g/mol. The lowest BCUT2D eigenvalue weighted by Crippen LogP contribution is -2.52. The summed E-state index contributed by atoms with van der Waals surface area (Å²) in [5.41, 5.74) is 1.26. The first kappa shape index (κ1) is 20.1. The zero-order valence-electron chi connectivity index (χ0n) is 15.9. The Balaban J connectivity index is 1.83. The van der Waals surface area contributed by atoms with Crippen molar-refractivity contribution in [3.8, 4) is 0 Å². The first-order chi connectivity index (χ1) is 12.1. The van der Waals surface area contributed by atoms with E-state index in [1.807, 2.05) is 7.05 Å². The number of thioether (sulfide) groups is 1. The maximum Gasteiger partial charge on any atom is 0.191 e. The summed E-state index contributed by atoms with van der Waals surface area (Å²) in [6, 6.07) is 9.13. The fraction of sp³-hybridized carbons (Fsp3) is 0.632. The van der Waals surface area contributed by atoms with Gasteiger partial charge >= 0.3 is 0 Å². The average molecular weight is 365 g/mol. The Bertz CT molecular complexity index is 527. The van der Waals surface area contributed by atoms with Crippen molar-refractivity contribution in [2.45, 2.75) is 31.3 Å². The summed E-state index contributed by atoms with van der Waals surface area (Å²) >= 11 is 1.76. The van der Waals surface area contributed by atoms with Gasteiger partial charge in [-0.15, -0.1) is 11.8 Å². The number of nitrogens with zero attached hydrogens (tertiary/aromatic N) is 2. The number of nitrogens with one attached hydrogen (secondary N) is 2. The molecule has 0 bridgehead atoms. The zero-order chi connectivity index (χ0) is 18.1. The van der Waals surface area contributed by atoms with Crippen LogP contribution in [-0.4, -0.2) is 63.1 Å². The molecule has 0 spiro atoms. The molecular weight excluding hydrogens is 332 g/mol. The molecule has 1 unspecified atom stereocenters. The van der Waals surface area contributed by atoms with E-state index in [1.165, 1.54) is 10.5 Å². The zero-order valence-corrected chi connectivity index (χ0v) is 16.7. The van der Waals surface area contributed by atoms with Gasteiger partial charge in [-0.2, -0.15) is 0 Å². The van der Waals surface area contributed by atoms with Gasteiger partial charge in [-0.3, -0.25) is 9.89 Å². The summed E-state index contributed by atoms with van der Waals surface area (Å²) in [4.78, 5) is 8.17. The molecule has 1 heterocycles. The van der Waals surface area contributed by atoms with Crippen molar-refractivity contribution in [1.29, 1.82) is 0 Å². The standard InChI is InChI=1S/C19H32N4OS/c1-15(2)18(23-9-11-24-12-10-23)14-22-19(20-3)21-13-16-5-7-17(25-4)8-6-16/h5-8,15,18H,9-14H2,1-4H3,(H2,20,21,22). The Morgan fingerprint density at radius 2 is 1.88 bits per heavy atom. The second kappa shape index (κ2) is 10.7. The van der Waals surface area contributed by atoms with Crippen molar-refractivity contribution in [3.05, 3.63) is 29.8 Å². The van der Waals surface area contributed by atoms with Crippen LogP contribution >= 0.6 is 11.8 Å². The molecule has 0 aromatic heterocycles. The van der Waals surface area contributed by atoms with Crippen molar-refractivity contribution >= 4 is 17.7 Å². The van der Waals surface area contributed by atoms with E-state index in [-0.39, 0.29) is 0 Å². The fourth-order valence-corrected chi connectivity index (χ4v) is 3.45. The quantitative estimate of drug-likeness (QED) is 0.442. The van der Waals surface area contributed by atoms with Gasteiger partial charge in [0.05, 0.1) is 13.2 Å². The van der Waals surface area contributed by atoms with Crippen LogP contribution in [0, 0.1) is 5.92 Å². The number of rotatable bonds is 7. The van der Waals surface area contributed by atoms with E-state index in [4.69, 9.17) is 4.74 Å². The normalized spacial score (nSPS) is 17.6. The summed E-state index contributed by atoms with van der Waals surface area (Å²) in [5.74, 6) is 1.44. The lowest BCUT2D eigenvalue weighted by Gasteiger charge is -2.37. The highest BCUT2D eigenvalue weighted by Crippen LogP contribution is 2.15. The molecule has 2 N–H and O–H groups in total. The van der Waals surface area contributed by atoms with Crippen LogP contribution in [0.5, 0.6) is 0 Å². The van der Waals surface area contributed by atoms with Gasteiger partial charge in [-0.1, -0.05) is 26.0 Å². The SMILES string of the molecule is CN=C(NCc1ccc(SC)cc1)NCC(C(C)C)N1CCOCC1. The molecule has 6 heteroatoms. The van der Waals surface area contributed by atoms with Crippen LogP contribution in [0.25, 0.3) is 0 Å². The molecule has 1 aromatic carbocycles. The topological polar surface area (TPSA) is 48.9 Å². The fourth-order valence-electron chi connectivity index (χ4n) is 3.05. The number of benzene rings is 1. The summed E-state index contributed by atoms with van der Waals surface area (Å²) in [7, 11) is 1.82. The van der Waals surface area contributed by atoms with Gasteiger partial charge < -0.3 is 15.4 Å². The average Bonchev–Trinajstić information content (AvgIpc) is 2.65. The molecule has 1 saturated heterocycles. The van der Waals surface area contributed by atoms with Gasteiger partial charge in [-0.25, -0.2) is 0 Å². The van der Waals surface area contributed by atoms with Gasteiger partial charge in [0, 0.05) is 44.2 Å². The van der Waals surface area contributed by atoms with E-state index in [0.717, 1.165) is 45.4 Å². The summed E-state index contributed by atoms with van der Waals surface area (Å²) in [6.45, 7) is 9.93. The molecule has 5 nitrogen and oxygen atoms in total. The first-order valence-electron chi connectivity index (χ1n) is 9.03. The highest BCUT2D eigenvalue weighted by Gasteiger charge is 2.23. The first-order valence-corrected chi connectivity index (χ1v) is 10.3. The number of hydrogen-bond donors (Lipinski definition) is 2. The lowest BCUT2D eigenvalue weighted by molar-refractivity contribution is 0.00752. The molecule has 0 radical (unpaired) electrons. The van der Waals surface area contributed by atoms with Gasteiger partial charge in [0.25, 0.3) is 0 Å². The van der Waals surface area contributed by atoms with Crippen LogP contribution in [0.3, 0.4) is 0 Å². The van der Waals surface area contributed by atoms with Crippen molar-refractivity contribution in [2.24, 2.45) is 10.9 Å². The molecule has 1 fully saturated rings. The third kappa shape index (κ3) is 6.53. The van der Waals surface area contributed by atoms with Crippen LogP contribution in [0.2, 0.25) is 0 Å². The van der Waals surface area contributed by atoms with E-state index < -0.39 is 0 Å². The molecule has 2 rings (SSSR count). The molecule has 0 aliphatic carbocycles. The number of guanidine groups is 1. The van der Waals surface area contributed by atoms with Crippen LogP contribution < -0.4 is 10.6 Å². The maximum absolute atomic E-state index is 5.48. The summed E-state index contributed by atoms with van der Waals surface area (Å²) < 4.78 is 5.48. The molecule has 1 atom stereocenters. The lowest BCUT2D eigenvalue weighted by atomic mass is 10.0. The Labute approximate surface area is 156 Å². The van der Waals surface area contributed by atoms with E-state index >= 15 is 0 Å². The molecule has 1 aromatic rings. The Kier molecular flexibility index (Phi) is 8.58. The third-order valence-electron chi connectivity index (χ3n) is 4.61. The molecule has 1 aliphatic heterocycles. The van der Waals surface area contributed by atoms with Crippen LogP contribution in [-0.2, 0) is 11.3 Å². The molecule has 140 valence electrons. The summed E-state index contributed by atoms with van der Waals surface area (Å²) in [6.07, 6.45) is 2.10. The predicted molar refractivity (Wildman–Crippen MR) is 107 cm³/mol.